The van der Waals surface area contributed by atoms with Crippen molar-refractivity contribution in [1.82, 2.24) is 4.31 Å². The van der Waals surface area contributed by atoms with Gasteiger partial charge in [0.05, 0.1) is 0 Å². The molecule has 0 amide bonds. The van der Waals surface area contributed by atoms with Gasteiger partial charge in [0.25, 0.3) is 0 Å². The predicted octanol–water partition coefficient (Wildman–Crippen LogP) is 1.86. The largest absolute Gasteiger partial charge is 0.326 e. The standard InChI is InChI=1S/C12H18N2O2S2/c1-9-3-5-14(6-4-9)18(15,16)12-10(2)8-17-11(12)7-13/h3,8H,4-7,13H2,1-2H3. The molecule has 0 atom stereocenters. The van der Waals surface area contributed by atoms with Crippen LogP contribution in [0.3, 0.4) is 0 Å². The summed E-state index contributed by atoms with van der Waals surface area (Å²) in [4.78, 5) is 1.17. The van der Waals surface area contributed by atoms with Crippen LogP contribution in [0.15, 0.2) is 21.9 Å². The van der Waals surface area contributed by atoms with Crippen LogP contribution >= 0.6 is 11.3 Å². The normalized spacial score (nSPS) is 17.8. The molecule has 1 aliphatic heterocycles. The van der Waals surface area contributed by atoms with Crippen LogP contribution < -0.4 is 5.73 Å². The van der Waals surface area contributed by atoms with Crippen molar-refractivity contribution in [3.8, 4) is 0 Å². The third-order valence-corrected chi connectivity index (χ3v) is 6.52. The van der Waals surface area contributed by atoms with Crippen LogP contribution in [0, 0.1) is 6.92 Å². The second-order valence-electron chi connectivity index (χ2n) is 4.54. The Morgan fingerprint density at radius 2 is 2.17 bits per heavy atom. The summed E-state index contributed by atoms with van der Waals surface area (Å²) < 4.78 is 26.7. The molecule has 0 aromatic carbocycles. The van der Waals surface area contributed by atoms with E-state index in [4.69, 9.17) is 5.73 Å². The zero-order valence-corrected chi connectivity index (χ0v) is 12.3. The van der Waals surface area contributed by atoms with Gasteiger partial charge in [0.1, 0.15) is 4.90 Å². The van der Waals surface area contributed by atoms with Crippen molar-refractivity contribution in [3.05, 3.63) is 27.5 Å². The molecular formula is C12H18N2O2S2. The molecule has 1 aromatic heterocycles. The highest BCUT2D eigenvalue weighted by molar-refractivity contribution is 7.89. The Morgan fingerprint density at radius 3 is 2.72 bits per heavy atom. The van der Waals surface area contributed by atoms with Crippen LogP contribution in [0.4, 0.5) is 0 Å². The number of hydrogen-bond donors (Lipinski definition) is 1. The molecule has 0 saturated heterocycles. The predicted molar refractivity (Wildman–Crippen MR) is 74.1 cm³/mol. The fourth-order valence-electron chi connectivity index (χ4n) is 2.07. The van der Waals surface area contributed by atoms with Gasteiger partial charge in [-0.25, -0.2) is 8.42 Å². The molecule has 6 heteroatoms. The first-order valence-corrected chi connectivity index (χ1v) is 8.21. The minimum absolute atomic E-state index is 0.274. The van der Waals surface area contributed by atoms with E-state index in [0.29, 0.717) is 18.0 Å². The van der Waals surface area contributed by atoms with Crippen molar-refractivity contribution >= 4 is 21.4 Å². The Hall–Kier alpha value is -0.690. The SMILES string of the molecule is CC1=CCN(S(=O)(=O)c2c(C)csc2CN)CC1. The lowest BCUT2D eigenvalue weighted by Crippen LogP contribution is -2.35. The highest BCUT2D eigenvalue weighted by Crippen LogP contribution is 2.30. The van der Waals surface area contributed by atoms with Crippen molar-refractivity contribution in [2.24, 2.45) is 5.73 Å². The summed E-state index contributed by atoms with van der Waals surface area (Å²) >= 11 is 1.42. The van der Waals surface area contributed by atoms with Crippen LogP contribution in [-0.2, 0) is 16.6 Å². The number of aryl methyl sites for hydroxylation is 1. The van der Waals surface area contributed by atoms with Crippen molar-refractivity contribution in [2.75, 3.05) is 13.1 Å². The van der Waals surface area contributed by atoms with E-state index in [-0.39, 0.29) is 6.54 Å². The van der Waals surface area contributed by atoms with E-state index in [0.717, 1.165) is 16.9 Å². The van der Waals surface area contributed by atoms with E-state index in [1.165, 1.54) is 21.2 Å². The molecule has 0 unspecified atom stereocenters. The summed E-state index contributed by atoms with van der Waals surface area (Å²) in [5.74, 6) is 0. The quantitative estimate of drug-likeness (QED) is 0.863. The second-order valence-corrected chi connectivity index (χ2v) is 7.38. The van der Waals surface area contributed by atoms with Gasteiger partial charge in [-0.05, 0) is 31.2 Å². The molecule has 100 valence electrons. The molecule has 0 fully saturated rings. The Labute approximate surface area is 112 Å². The smallest absolute Gasteiger partial charge is 0.244 e. The topological polar surface area (TPSA) is 63.4 Å². The molecule has 18 heavy (non-hydrogen) atoms. The first-order valence-electron chi connectivity index (χ1n) is 5.89. The molecule has 0 saturated carbocycles. The molecular weight excluding hydrogens is 268 g/mol. The van der Waals surface area contributed by atoms with Crippen LogP contribution in [-0.4, -0.2) is 25.8 Å². The van der Waals surface area contributed by atoms with Crippen LogP contribution in [0.1, 0.15) is 23.8 Å². The third kappa shape index (κ3) is 2.38. The maximum Gasteiger partial charge on any atom is 0.244 e. The van der Waals surface area contributed by atoms with Gasteiger partial charge in [0.2, 0.25) is 10.0 Å². The van der Waals surface area contributed by atoms with Gasteiger partial charge >= 0.3 is 0 Å². The zero-order valence-electron chi connectivity index (χ0n) is 10.6. The number of thiophene rings is 1. The van der Waals surface area contributed by atoms with E-state index in [2.05, 4.69) is 0 Å². The third-order valence-electron chi connectivity index (χ3n) is 3.17. The Balaban J connectivity index is 2.40. The lowest BCUT2D eigenvalue weighted by atomic mass is 10.1. The Kier molecular flexibility index (Phi) is 3.91. The second kappa shape index (κ2) is 5.13. The number of nitrogens with two attached hydrogens (primary N) is 1. The van der Waals surface area contributed by atoms with E-state index in [9.17, 15) is 8.42 Å². The van der Waals surface area contributed by atoms with Gasteiger partial charge < -0.3 is 5.73 Å². The van der Waals surface area contributed by atoms with Gasteiger partial charge in [0.15, 0.2) is 0 Å². The van der Waals surface area contributed by atoms with Crippen LogP contribution in [0.2, 0.25) is 0 Å². The summed E-state index contributed by atoms with van der Waals surface area (Å²) in [7, 11) is -3.40. The summed E-state index contributed by atoms with van der Waals surface area (Å²) in [5, 5.41) is 1.86. The van der Waals surface area contributed by atoms with E-state index >= 15 is 0 Å². The highest BCUT2D eigenvalue weighted by atomic mass is 32.2. The maximum atomic E-state index is 12.6. The molecule has 1 aliphatic rings. The van der Waals surface area contributed by atoms with Gasteiger partial charge in [-0.15, -0.1) is 11.3 Å². The zero-order chi connectivity index (χ0) is 13.3. The minimum atomic E-state index is -3.40. The van der Waals surface area contributed by atoms with E-state index < -0.39 is 10.0 Å². The summed E-state index contributed by atoms with van der Waals surface area (Å²) in [6.45, 7) is 5.16. The molecule has 0 radical (unpaired) electrons. The molecule has 2 N–H and O–H groups in total. The monoisotopic (exact) mass is 286 g/mol. The van der Waals surface area contributed by atoms with Crippen LogP contribution in [0.5, 0.6) is 0 Å². The first-order chi connectivity index (χ1) is 8.46. The minimum Gasteiger partial charge on any atom is -0.326 e. The molecule has 0 aliphatic carbocycles. The highest BCUT2D eigenvalue weighted by Gasteiger charge is 2.29. The number of nitrogens with zero attached hydrogens (tertiary/aromatic N) is 1. The molecule has 1 aromatic rings. The Morgan fingerprint density at radius 1 is 1.44 bits per heavy atom. The molecule has 0 spiro atoms. The molecule has 2 heterocycles. The number of sulfonamides is 1. The number of rotatable bonds is 3. The van der Waals surface area contributed by atoms with Gasteiger partial charge in [-0.2, -0.15) is 4.31 Å². The van der Waals surface area contributed by atoms with Crippen molar-refractivity contribution in [2.45, 2.75) is 31.7 Å². The fraction of sp³-hybridized carbons (Fsp3) is 0.500. The summed E-state index contributed by atoms with van der Waals surface area (Å²) in [6, 6.07) is 0. The lowest BCUT2D eigenvalue weighted by molar-refractivity contribution is 0.431. The summed E-state index contributed by atoms with van der Waals surface area (Å²) in [5.41, 5.74) is 7.68. The van der Waals surface area contributed by atoms with Gasteiger partial charge in [-0.1, -0.05) is 11.6 Å². The van der Waals surface area contributed by atoms with Gasteiger partial charge in [-0.3, -0.25) is 0 Å². The maximum absolute atomic E-state index is 12.6. The lowest BCUT2D eigenvalue weighted by Gasteiger charge is -2.25. The van der Waals surface area contributed by atoms with E-state index in [1.54, 1.807) is 0 Å². The average Bonchev–Trinajstić information content (AvgIpc) is 2.71. The van der Waals surface area contributed by atoms with Crippen molar-refractivity contribution < 1.29 is 8.42 Å². The molecule has 0 bridgehead atoms. The fourth-order valence-corrected chi connectivity index (χ4v) is 5.11. The molecule has 2 rings (SSSR count). The van der Waals surface area contributed by atoms with Crippen LogP contribution in [0.25, 0.3) is 0 Å². The first kappa shape index (κ1) is 13.7. The molecule has 4 nitrogen and oxygen atoms in total. The van der Waals surface area contributed by atoms with Gasteiger partial charge in [0, 0.05) is 24.5 Å². The summed E-state index contributed by atoms with van der Waals surface area (Å²) in [6.07, 6.45) is 2.78. The average molecular weight is 286 g/mol. The van der Waals surface area contributed by atoms with E-state index in [1.807, 2.05) is 25.3 Å². The number of hydrogen-bond acceptors (Lipinski definition) is 4. The van der Waals surface area contributed by atoms with Crippen molar-refractivity contribution in [1.29, 1.82) is 0 Å². The van der Waals surface area contributed by atoms with Crippen molar-refractivity contribution in [3.63, 3.8) is 0 Å². The Bertz CT molecular complexity index is 573.